The lowest BCUT2D eigenvalue weighted by Gasteiger charge is -2.41. The number of aliphatic hydroxyl groups is 1. The summed E-state index contributed by atoms with van der Waals surface area (Å²) in [6.45, 7) is 14.6. The summed E-state index contributed by atoms with van der Waals surface area (Å²) in [4.78, 5) is 32.8. The molecule has 41 heavy (non-hydrogen) atoms. The van der Waals surface area contributed by atoms with Gasteiger partial charge in [-0.15, -0.1) is 11.3 Å². The Kier molecular flexibility index (Phi) is 8.87. The Balaban J connectivity index is 0.00000405. The van der Waals surface area contributed by atoms with E-state index in [0.29, 0.717) is 36.0 Å². The molecule has 8 nitrogen and oxygen atoms in total. The molecule has 1 aliphatic carbocycles. The molecule has 0 spiro atoms. The van der Waals surface area contributed by atoms with E-state index < -0.39 is 0 Å². The Morgan fingerprint density at radius 3 is 2.61 bits per heavy atom. The van der Waals surface area contributed by atoms with Crippen LogP contribution in [0.25, 0.3) is 21.5 Å². The molecule has 2 aliphatic rings. The van der Waals surface area contributed by atoms with Crippen LogP contribution in [0.3, 0.4) is 0 Å². The van der Waals surface area contributed by atoms with Gasteiger partial charge >= 0.3 is 0 Å². The molecule has 0 bridgehead atoms. The number of nitrogens with one attached hydrogen (secondary N) is 1. The zero-order chi connectivity index (χ0) is 29.4. The Hall–Kier alpha value is -2.75. The number of nitrogens with zero attached hydrogens (tertiary/aromatic N) is 4. The van der Waals surface area contributed by atoms with Gasteiger partial charge in [-0.2, -0.15) is 0 Å². The fourth-order valence-corrected chi connectivity index (χ4v) is 8.38. The number of H-pyrrole nitrogens is 1. The van der Waals surface area contributed by atoms with Gasteiger partial charge in [0.2, 0.25) is 5.91 Å². The van der Waals surface area contributed by atoms with Crippen molar-refractivity contribution in [2.24, 2.45) is 22.6 Å². The second-order valence-corrected chi connectivity index (χ2v) is 13.6. The van der Waals surface area contributed by atoms with Crippen LogP contribution in [0.15, 0.2) is 11.2 Å². The van der Waals surface area contributed by atoms with Gasteiger partial charge in [0, 0.05) is 55.5 Å². The Morgan fingerprint density at radius 1 is 1.27 bits per heavy atom. The number of piperidine rings is 1. The van der Waals surface area contributed by atoms with Crippen LogP contribution in [0.4, 0.5) is 5.82 Å². The number of aliphatic hydroxyl groups excluding tert-OH is 1. The molecule has 0 unspecified atom stereocenters. The SMILES string of the molecule is Cc1c(-c2[nH]c3sc(C4CCN(C(=O)C5CC(CN(C)CCO)C5)CC4)c(C)c3c2C(C)C)cnc(N=CN)c1C.[HH]. The molecular formula is C32H48N6O2S. The van der Waals surface area contributed by atoms with Gasteiger partial charge in [-0.05, 0) is 93.5 Å². The van der Waals surface area contributed by atoms with E-state index in [4.69, 9.17) is 10.8 Å². The topological polar surface area (TPSA) is 111 Å². The van der Waals surface area contributed by atoms with Gasteiger partial charge in [-0.1, -0.05) is 13.8 Å². The number of hydrogen-bond acceptors (Lipinski definition) is 6. The molecule has 2 fully saturated rings. The quantitative estimate of drug-likeness (QED) is 0.217. The minimum Gasteiger partial charge on any atom is -0.395 e. The highest BCUT2D eigenvalue weighted by Gasteiger charge is 2.38. The van der Waals surface area contributed by atoms with Crippen molar-refractivity contribution in [2.75, 3.05) is 39.8 Å². The number of carbonyl (C=O) groups is 1. The smallest absolute Gasteiger partial charge is 0.225 e. The number of likely N-dealkylation sites (tertiary alicyclic amines) is 1. The van der Waals surface area contributed by atoms with Crippen LogP contribution in [0, 0.1) is 32.6 Å². The molecular weight excluding hydrogens is 532 g/mol. The third-order valence-electron chi connectivity index (χ3n) is 9.44. The molecule has 5 rings (SSSR count). The van der Waals surface area contributed by atoms with Gasteiger partial charge in [0.25, 0.3) is 0 Å². The standard InChI is InChI=1S/C32H46N6O2S.H2/c1-18(2)26-27-21(5)29(41-31(27)36-28(26)25-15-34-30(35-17-33)20(4)19(25)3)23-7-9-38(10-8-23)32(40)24-13-22(14-24)16-37(6)11-12-39;/h15,17-18,22-24,36,39H,7-14,16H2,1-6H3,(H2,33,34,35);1H. The minimum atomic E-state index is 0. The maximum Gasteiger partial charge on any atom is 0.225 e. The number of aromatic nitrogens is 2. The average molecular weight is 581 g/mol. The predicted molar refractivity (Wildman–Crippen MR) is 172 cm³/mol. The number of aryl methyl sites for hydroxylation is 1. The van der Waals surface area contributed by atoms with Crippen molar-refractivity contribution >= 4 is 39.6 Å². The predicted octanol–water partition coefficient (Wildman–Crippen LogP) is 5.86. The fourth-order valence-electron chi connectivity index (χ4n) is 6.98. The average Bonchev–Trinajstić information content (AvgIpc) is 3.45. The maximum absolute atomic E-state index is 13.2. The summed E-state index contributed by atoms with van der Waals surface area (Å²) in [5.41, 5.74) is 12.8. The number of carbonyl (C=O) groups excluding carboxylic acids is 1. The van der Waals surface area contributed by atoms with Gasteiger partial charge in [-0.25, -0.2) is 9.98 Å². The van der Waals surface area contributed by atoms with Crippen molar-refractivity contribution in [3.63, 3.8) is 0 Å². The Bertz CT molecular complexity index is 1430. The van der Waals surface area contributed by atoms with Crippen LogP contribution in [0.5, 0.6) is 0 Å². The van der Waals surface area contributed by atoms with Crippen molar-refractivity contribution in [1.82, 2.24) is 19.8 Å². The third-order valence-corrected chi connectivity index (χ3v) is 10.8. The van der Waals surface area contributed by atoms with Crippen LogP contribution < -0.4 is 5.73 Å². The lowest BCUT2D eigenvalue weighted by Crippen LogP contribution is -2.47. The van der Waals surface area contributed by atoms with Gasteiger partial charge < -0.3 is 25.6 Å². The van der Waals surface area contributed by atoms with Crippen LogP contribution in [0.1, 0.15) is 79.9 Å². The van der Waals surface area contributed by atoms with E-state index in [1.807, 2.05) is 24.6 Å². The summed E-state index contributed by atoms with van der Waals surface area (Å²) in [6, 6.07) is 0. The summed E-state index contributed by atoms with van der Waals surface area (Å²) in [6.07, 6.45) is 7.25. The normalized spacial score (nSPS) is 20.2. The number of rotatable bonds is 9. The van der Waals surface area contributed by atoms with Crippen LogP contribution >= 0.6 is 11.3 Å². The summed E-state index contributed by atoms with van der Waals surface area (Å²) >= 11 is 1.90. The Labute approximate surface area is 249 Å². The number of fused-ring (bicyclic) bond motifs is 1. The van der Waals surface area contributed by atoms with Crippen molar-refractivity contribution in [3.05, 3.63) is 33.3 Å². The summed E-state index contributed by atoms with van der Waals surface area (Å²) in [5.74, 6) is 2.64. The highest BCUT2D eigenvalue weighted by molar-refractivity contribution is 7.19. The lowest BCUT2D eigenvalue weighted by atomic mass is 9.73. The highest BCUT2D eigenvalue weighted by Crippen LogP contribution is 2.47. The highest BCUT2D eigenvalue weighted by atomic mass is 32.1. The van der Waals surface area contributed by atoms with Crippen molar-refractivity contribution in [2.45, 2.75) is 72.1 Å². The molecule has 4 N–H and O–H groups in total. The second-order valence-electron chi connectivity index (χ2n) is 12.5. The van der Waals surface area contributed by atoms with Crippen molar-refractivity contribution < 1.29 is 11.3 Å². The molecule has 3 aromatic heterocycles. The molecule has 0 atom stereocenters. The first-order valence-electron chi connectivity index (χ1n) is 15.1. The first-order chi connectivity index (χ1) is 19.6. The molecule has 1 saturated heterocycles. The van der Waals surface area contributed by atoms with Crippen LogP contribution in [-0.2, 0) is 4.79 Å². The van der Waals surface area contributed by atoms with Crippen LogP contribution in [0.2, 0.25) is 0 Å². The maximum atomic E-state index is 13.2. The van der Waals surface area contributed by atoms with Gasteiger partial charge in [-0.3, -0.25) is 4.79 Å². The molecule has 0 aromatic carbocycles. The van der Waals surface area contributed by atoms with Crippen molar-refractivity contribution in [1.29, 1.82) is 0 Å². The first kappa shape index (κ1) is 29.7. The number of thiophene rings is 1. The van der Waals surface area contributed by atoms with E-state index in [9.17, 15) is 4.79 Å². The summed E-state index contributed by atoms with van der Waals surface area (Å²) in [5, 5.41) is 10.5. The van der Waals surface area contributed by atoms with Gasteiger partial charge in [0.1, 0.15) is 4.83 Å². The molecule has 9 heteroatoms. The number of aromatic amines is 1. The molecule has 3 aromatic rings. The molecule has 1 amide bonds. The van der Waals surface area contributed by atoms with Gasteiger partial charge in [0.15, 0.2) is 5.82 Å². The number of amides is 1. The number of hydrogen-bond donors (Lipinski definition) is 3. The number of aliphatic imine (C=N–C) groups is 1. The van der Waals surface area contributed by atoms with E-state index in [2.05, 4.69) is 59.4 Å². The summed E-state index contributed by atoms with van der Waals surface area (Å²) < 4.78 is 0. The molecule has 4 heterocycles. The minimum absolute atomic E-state index is 0. The lowest BCUT2D eigenvalue weighted by molar-refractivity contribution is -0.141. The van der Waals surface area contributed by atoms with E-state index in [-0.39, 0.29) is 14.0 Å². The summed E-state index contributed by atoms with van der Waals surface area (Å²) in [7, 11) is 2.05. The zero-order valence-electron chi connectivity index (χ0n) is 25.5. The van der Waals surface area contributed by atoms with E-state index in [1.165, 1.54) is 38.1 Å². The van der Waals surface area contributed by atoms with Crippen LogP contribution in [-0.4, -0.2) is 77.0 Å². The molecule has 1 aliphatic heterocycles. The molecule has 224 valence electrons. The number of nitrogens with two attached hydrogens (primary N) is 1. The van der Waals surface area contributed by atoms with E-state index in [0.717, 1.165) is 62.1 Å². The zero-order valence-corrected chi connectivity index (χ0v) is 26.3. The van der Waals surface area contributed by atoms with E-state index in [1.54, 1.807) is 0 Å². The largest absolute Gasteiger partial charge is 0.395 e. The number of likely N-dealkylation sites (N-methyl/N-ethyl adjacent to an activating group) is 1. The Morgan fingerprint density at radius 2 is 1.98 bits per heavy atom. The third kappa shape index (κ3) is 5.68. The van der Waals surface area contributed by atoms with E-state index >= 15 is 0 Å². The second kappa shape index (κ2) is 12.2. The molecule has 1 saturated carbocycles. The van der Waals surface area contributed by atoms with Crippen molar-refractivity contribution in [3.8, 4) is 11.3 Å². The number of pyridine rings is 1. The first-order valence-corrected chi connectivity index (χ1v) is 15.9. The molecule has 0 radical (unpaired) electrons. The fraction of sp³-hybridized carbons (Fsp3) is 0.594. The monoisotopic (exact) mass is 580 g/mol. The van der Waals surface area contributed by atoms with Gasteiger partial charge in [0.05, 0.1) is 18.6 Å².